The van der Waals surface area contributed by atoms with E-state index >= 15 is 0 Å². The van der Waals surface area contributed by atoms with Crippen LogP contribution in [0.15, 0.2) is 54.6 Å². The summed E-state index contributed by atoms with van der Waals surface area (Å²) in [7, 11) is -3.22. The molecule has 2 atom stereocenters. The van der Waals surface area contributed by atoms with E-state index < -0.39 is 10.0 Å². The highest BCUT2D eigenvalue weighted by Crippen LogP contribution is 2.40. The summed E-state index contributed by atoms with van der Waals surface area (Å²) in [5.41, 5.74) is 3.32. The van der Waals surface area contributed by atoms with Crippen LogP contribution in [0, 0.1) is 5.92 Å². The summed E-state index contributed by atoms with van der Waals surface area (Å²) in [4.78, 5) is 2.50. The van der Waals surface area contributed by atoms with E-state index in [1.807, 2.05) is 24.3 Å². The Kier molecular flexibility index (Phi) is 6.23. The fourth-order valence-electron chi connectivity index (χ4n) is 4.31. The normalized spacial score (nSPS) is 23.1. The van der Waals surface area contributed by atoms with Crippen molar-refractivity contribution in [2.24, 2.45) is 5.92 Å². The molecule has 1 aliphatic heterocycles. The third-order valence-corrected chi connectivity index (χ3v) is 6.66. The number of likely N-dealkylation sites (tertiary alicyclic amines) is 1. The Bertz CT molecular complexity index is 891. The van der Waals surface area contributed by atoms with Crippen molar-refractivity contribution in [2.75, 3.05) is 30.6 Å². The number of hydrogen-bond donors (Lipinski definition) is 2. The SMILES string of the molecule is CS(=O)(=O)Nc1ccc(CN2CCC(CNC3CC3c3ccccc3)CC2)cc1. The fraction of sp³-hybridized carbons (Fsp3) is 0.478. The predicted octanol–water partition coefficient (Wildman–Crippen LogP) is 3.42. The van der Waals surface area contributed by atoms with Crippen LogP contribution in [-0.2, 0) is 16.6 Å². The van der Waals surface area contributed by atoms with E-state index in [0.29, 0.717) is 17.6 Å². The summed E-state index contributed by atoms with van der Waals surface area (Å²) in [5, 5.41) is 3.79. The molecule has 6 heteroatoms. The zero-order chi connectivity index (χ0) is 20.3. The van der Waals surface area contributed by atoms with Gasteiger partial charge in [0.25, 0.3) is 0 Å². The average molecular weight is 414 g/mol. The van der Waals surface area contributed by atoms with Gasteiger partial charge in [0.2, 0.25) is 10.0 Å². The number of rotatable bonds is 8. The van der Waals surface area contributed by atoms with Gasteiger partial charge < -0.3 is 5.32 Å². The summed E-state index contributed by atoms with van der Waals surface area (Å²) in [5.74, 6) is 1.47. The van der Waals surface area contributed by atoms with Crippen LogP contribution >= 0.6 is 0 Å². The van der Waals surface area contributed by atoms with Crippen LogP contribution in [0.3, 0.4) is 0 Å². The first-order valence-corrected chi connectivity index (χ1v) is 12.4. The summed E-state index contributed by atoms with van der Waals surface area (Å²) < 4.78 is 25.1. The van der Waals surface area contributed by atoms with Crippen molar-refractivity contribution >= 4 is 15.7 Å². The lowest BCUT2D eigenvalue weighted by Crippen LogP contribution is -2.37. The molecule has 0 radical (unpaired) electrons. The Labute approximate surface area is 174 Å². The van der Waals surface area contributed by atoms with Crippen molar-refractivity contribution in [3.8, 4) is 0 Å². The summed E-state index contributed by atoms with van der Waals surface area (Å²) >= 11 is 0. The number of benzene rings is 2. The lowest BCUT2D eigenvalue weighted by Gasteiger charge is -2.32. The minimum atomic E-state index is -3.22. The van der Waals surface area contributed by atoms with Gasteiger partial charge in [0.15, 0.2) is 0 Å². The molecular weight excluding hydrogens is 382 g/mol. The van der Waals surface area contributed by atoms with Gasteiger partial charge in [-0.15, -0.1) is 0 Å². The van der Waals surface area contributed by atoms with E-state index in [9.17, 15) is 8.42 Å². The first-order chi connectivity index (χ1) is 14.0. The third kappa shape index (κ3) is 6.04. The molecule has 1 saturated heterocycles. The molecule has 2 fully saturated rings. The highest BCUT2D eigenvalue weighted by atomic mass is 32.2. The van der Waals surface area contributed by atoms with Crippen LogP contribution in [0.4, 0.5) is 5.69 Å². The van der Waals surface area contributed by atoms with Crippen LogP contribution in [0.25, 0.3) is 0 Å². The molecule has 2 aromatic rings. The molecule has 0 bridgehead atoms. The molecule has 2 unspecified atom stereocenters. The second-order valence-corrected chi connectivity index (χ2v) is 10.3. The quantitative estimate of drug-likeness (QED) is 0.696. The highest BCUT2D eigenvalue weighted by molar-refractivity contribution is 7.92. The standard InChI is InChI=1S/C23H31N3O2S/c1-29(27,28)25-21-9-7-19(8-10-21)17-26-13-11-18(12-14-26)16-24-23-15-22(23)20-5-3-2-4-6-20/h2-10,18,22-25H,11-17H2,1H3. The first-order valence-electron chi connectivity index (χ1n) is 10.5. The third-order valence-electron chi connectivity index (χ3n) is 6.06. The van der Waals surface area contributed by atoms with E-state index in [2.05, 4.69) is 45.3 Å². The van der Waals surface area contributed by atoms with Gasteiger partial charge in [-0.25, -0.2) is 8.42 Å². The van der Waals surface area contributed by atoms with Crippen LogP contribution < -0.4 is 10.0 Å². The number of nitrogens with zero attached hydrogens (tertiary/aromatic N) is 1. The predicted molar refractivity (Wildman–Crippen MR) is 119 cm³/mol. The lowest BCUT2D eigenvalue weighted by atomic mass is 9.96. The molecule has 156 valence electrons. The van der Waals surface area contributed by atoms with Gasteiger partial charge in [-0.05, 0) is 68.1 Å². The minimum Gasteiger partial charge on any atom is -0.313 e. The molecule has 2 aromatic carbocycles. The van der Waals surface area contributed by atoms with E-state index in [1.165, 1.54) is 36.6 Å². The van der Waals surface area contributed by atoms with Crippen molar-refractivity contribution in [2.45, 2.75) is 37.8 Å². The molecule has 2 N–H and O–H groups in total. The van der Waals surface area contributed by atoms with E-state index in [4.69, 9.17) is 0 Å². The number of nitrogens with one attached hydrogen (secondary N) is 2. The summed E-state index contributed by atoms with van der Waals surface area (Å²) in [6, 6.07) is 19.2. The average Bonchev–Trinajstić information content (AvgIpc) is 3.48. The van der Waals surface area contributed by atoms with Crippen molar-refractivity contribution in [1.82, 2.24) is 10.2 Å². The molecule has 1 aliphatic carbocycles. The highest BCUT2D eigenvalue weighted by Gasteiger charge is 2.38. The minimum absolute atomic E-state index is 0.620. The second kappa shape index (κ2) is 8.86. The zero-order valence-electron chi connectivity index (χ0n) is 17.0. The topological polar surface area (TPSA) is 61.4 Å². The molecule has 5 nitrogen and oxygen atoms in total. The van der Waals surface area contributed by atoms with Gasteiger partial charge in [0.1, 0.15) is 0 Å². The van der Waals surface area contributed by atoms with Crippen LogP contribution in [0.5, 0.6) is 0 Å². The molecule has 0 spiro atoms. The smallest absolute Gasteiger partial charge is 0.229 e. The summed E-state index contributed by atoms with van der Waals surface area (Å²) in [6.45, 7) is 4.32. The van der Waals surface area contributed by atoms with E-state index in [-0.39, 0.29) is 0 Å². The number of piperidine rings is 1. The molecule has 4 rings (SSSR count). The lowest BCUT2D eigenvalue weighted by molar-refractivity contribution is 0.175. The van der Waals surface area contributed by atoms with Gasteiger partial charge in [0.05, 0.1) is 6.26 Å². The monoisotopic (exact) mass is 413 g/mol. The molecule has 29 heavy (non-hydrogen) atoms. The zero-order valence-corrected chi connectivity index (χ0v) is 17.9. The number of anilines is 1. The Morgan fingerprint density at radius 1 is 1.00 bits per heavy atom. The molecule has 2 aliphatic rings. The van der Waals surface area contributed by atoms with E-state index in [0.717, 1.165) is 32.1 Å². The van der Waals surface area contributed by atoms with E-state index in [1.54, 1.807) is 0 Å². The van der Waals surface area contributed by atoms with Crippen molar-refractivity contribution in [1.29, 1.82) is 0 Å². The van der Waals surface area contributed by atoms with Crippen molar-refractivity contribution < 1.29 is 8.42 Å². The Morgan fingerprint density at radius 2 is 1.69 bits per heavy atom. The number of hydrogen-bond acceptors (Lipinski definition) is 4. The van der Waals surface area contributed by atoms with Crippen LogP contribution in [0.1, 0.15) is 36.3 Å². The van der Waals surface area contributed by atoms with Crippen LogP contribution in [0.2, 0.25) is 0 Å². The molecule has 1 heterocycles. The second-order valence-electron chi connectivity index (χ2n) is 8.56. The van der Waals surface area contributed by atoms with Gasteiger partial charge in [-0.3, -0.25) is 9.62 Å². The summed E-state index contributed by atoms with van der Waals surface area (Å²) in [6.07, 6.45) is 4.92. The van der Waals surface area contributed by atoms with Gasteiger partial charge >= 0.3 is 0 Å². The molecule has 0 amide bonds. The maximum atomic E-state index is 11.3. The molecule has 1 saturated carbocycles. The van der Waals surface area contributed by atoms with Crippen molar-refractivity contribution in [3.63, 3.8) is 0 Å². The fourth-order valence-corrected chi connectivity index (χ4v) is 4.87. The molecule has 0 aromatic heterocycles. The van der Waals surface area contributed by atoms with Crippen molar-refractivity contribution in [3.05, 3.63) is 65.7 Å². The Balaban J connectivity index is 1.16. The largest absolute Gasteiger partial charge is 0.313 e. The van der Waals surface area contributed by atoms with Crippen LogP contribution in [-0.4, -0.2) is 45.2 Å². The maximum absolute atomic E-state index is 11.3. The van der Waals surface area contributed by atoms with Gasteiger partial charge in [-0.1, -0.05) is 42.5 Å². The Hall–Kier alpha value is -1.89. The molecular formula is C23H31N3O2S. The number of sulfonamides is 1. The maximum Gasteiger partial charge on any atom is 0.229 e. The first kappa shape index (κ1) is 20.4. The van der Waals surface area contributed by atoms with Gasteiger partial charge in [-0.2, -0.15) is 0 Å². The van der Waals surface area contributed by atoms with Gasteiger partial charge in [0, 0.05) is 24.2 Å². The Morgan fingerprint density at radius 3 is 2.34 bits per heavy atom.